The third-order valence-corrected chi connectivity index (χ3v) is 3.75. The summed E-state index contributed by atoms with van der Waals surface area (Å²) in [7, 11) is 1.31. The number of methoxy groups -OCH3 is 1. The Balaban J connectivity index is 2.36. The minimum absolute atomic E-state index is 0.142. The van der Waals surface area contributed by atoms with Gasteiger partial charge in [-0.2, -0.15) is 5.10 Å². The predicted molar refractivity (Wildman–Crippen MR) is 69.7 cm³/mol. The van der Waals surface area contributed by atoms with Crippen LogP contribution in [0.2, 0.25) is 5.15 Å². The molecule has 0 radical (unpaired) electrons. The molecule has 0 aliphatic rings. The van der Waals surface area contributed by atoms with E-state index < -0.39 is 5.97 Å². The summed E-state index contributed by atoms with van der Waals surface area (Å²) in [6.07, 6.45) is 1.80. The van der Waals surface area contributed by atoms with E-state index in [0.29, 0.717) is 11.0 Å². The highest BCUT2D eigenvalue weighted by molar-refractivity contribution is 7.16. The molecule has 18 heavy (non-hydrogen) atoms. The number of halogens is 1. The molecule has 0 unspecified atom stereocenters. The van der Waals surface area contributed by atoms with Crippen LogP contribution in [0.1, 0.15) is 35.1 Å². The van der Waals surface area contributed by atoms with Gasteiger partial charge in [-0.1, -0.05) is 36.8 Å². The highest BCUT2D eigenvalue weighted by atomic mass is 35.5. The summed E-state index contributed by atoms with van der Waals surface area (Å²) in [5.74, 6) is -0.151. The molecule has 0 bridgehead atoms. The lowest BCUT2D eigenvalue weighted by atomic mass is 10.1. The van der Waals surface area contributed by atoms with Crippen LogP contribution in [0.3, 0.4) is 0 Å². The van der Waals surface area contributed by atoms with Crippen LogP contribution in [0.15, 0.2) is 12.3 Å². The number of rotatable bonds is 3. The third kappa shape index (κ3) is 2.39. The Bertz CT molecular complexity index is 577. The van der Waals surface area contributed by atoms with E-state index in [1.165, 1.54) is 7.11 Å². The van der Waals surface area contributed by atoms with Gasteiger partial charge in [0.25, 0.3) is 0 Å². The molecule has 0 aromatic carbocycles. The number of aromatic nitrogens is 3. The molecule has 0 aliphatic heterocycles. The quantitative estimate of drug-likeness (QED) is 0.814. The van der Waals surface area contributed by atoms with E-state index in [4.69, 9.17) is 11.6 Å². The van der Waals surface area contributed by atoms with Gasteiger partial charge in [0.2, 0.25) is 5.13 Å². The van der Waals surface area contributed by atoms with Crippen LogP contribution in [0.25, 0.3) is 5.13 Å². The molecular formula is C11H12ClN3O2S. The van der Waals surface area contributed by atoms with Crippen molar-refractivity contribution in [2.75, 3.05) is 7.11 Å². The monoisotopic (exact) mass is 285 g/mol. The van der Waals surface area contributed by atoms with Crippen molar-refractivity contribution < 1.29 is 9.53 Å². The van der Waals surface area contributed by atoms with Crippen molar-refractivity contribution in [3.05, 3.63) is 28.0 Å². The van der Waals surface area contributed by atoms with Crippen LogP contribution >= 0.6 is 22.9 Å². The smallest absolute Gasteiger partial charge is 0.351 e. The summed E-state index contributed by atoms with van der Waals surface area (Å²) in [5.41, 5.74) is 0.959. The maximum atomic E-state index is 11.4. The van der Waals surface area contributed by atoms with Gasteiger partial charge in [-0.05, 0) is 12.0 Å². The Morgan fingerprint density at radius 2 is 2.28 bits per heavy atom. The van der Waals surface area contributed by atoms with Gasteiger partial charge in [0.05, 0.1) is 12.8 Å². The summed E-state index contributed by atoms with van der Waals surface area (Å²) in [6.45, 7) is 4.11. The number of nitrogens with zero attached hydrogens (tertiary/aromatic N) is 3. The molecule has 2 rings (SSSR count). The molecule has 0 amide bonds. The molecule has 0 saturated carbocycles. The number of hydrogen-bond donors (Lipinski definition) is 0. The van der Waals surface area contributed by atoms with Crippen LogP contribution in [0.5, 0.6) is 0 Å². The Hall–Kier alpha value is -1.40. The number of carbonyl (C=O) groups excluding carboxylic acids is 1. The first kappa shape index (κ1) is 13.0. The van der Waals surface area contributed by atoms with E-state index in [9.17, 15) is 4.79 Å². The van der Waals surface area contributed by atoms with E-state index in [-0.39, 0.29) is 10.0 Å². The Morgan fingerprint density at radius 3 is 2.83 bits per heavy atom. The standard InChI is InChI=1S/C11H12ClN3O2S/c1-6(2)7-4-5-15(14-7)11-13-9(12)8(18-11)10(16)17-3/h4-6H,1-3H3. The van der Waals surface area contributed by atoms with Crippen molar-refractivity contribution in [2.45, 2.75) is 19.8 Å². The first-order valence-corrected chi connectivity index (χ1v) is 6.53. The molecule has 2 aromatic rings. The summed E-state index contributed by atoms with van der Waals surface area (Å²) >= 11 is 7.05. The van der Waals surface area contributed by atoms with Crippen LogP contribution in [0, 0.1) is 0 Å². The maximum absolute atomic E-state index is 11.4. The molecule has 0 N–H and O–H groups in total. The van der Waals surface area contributed by atoms with Gasteiger partial charge >= 0.3 is 5.97 Å². The average Bonchev–Trinajstić information content (AvgIpc) is 2.94. The normalized spacial score (nSPS) is 10.9. The molecule has 2 aromatic heterocycles. The molecule has 2 heterocycles. The lowest BCUT2D eigenvalue weighted by Gasteiger charge is -1.97. The van der Waals surface area contributed by atoms with E-state index in [2.05, 4.69) is 28.7 Å². The number of esters is 1. The zero-order valence-corrected chi connectivity index (χ0v) is 11.7. The fourth-order valence-corrected chi connectivity index (χ4v) is 2.49. The second kappa shape index (κ2) is 5.07. The second-order valence-electron chi connectivity index (χ2n) is 3.95. The van der Waals surface area contributed by atoms with E-state index >= 15 is 0 Å². The lowest BCUT2D eigenvalue weighted by molar-refractivity contribution is 0.0606. The second-order valence-corrected chi connectivity index (χ2v) is 5.28. The van der Waals surface area contributed by atoms with Crippen molar-refractivity contribution in [2.24, 2.45) is 0 Å². The van der Waals surface area contributed by atoms with Gasteiger partial charge in [-0.15, -0.1) is 0 Å². The highest BCUT2D eigenvalue weighted by Gasteiger charge is 2.18. The molecule has 0 saturated heterocycles. The highest BCUT2D eigenvalue weighted by Crippen LogP contribution is 2.26. The number of hydrogen-bond acceptors (Lipinski definition) is 5. The largest absolute Gasteiger partial charge is 0.465 e. The van der Waals surface area contributed by atoms with Crippen molar-refractivity contribution >= 4 is 28.9 Å². The molecule has 5 nitrogen and oxygen atoms in total. The summed E-state index contributed by atoms with van der Waals surface area (Å²) in [5, 5.41) is 5.06. The Morgan fingerprint density at radius 1 is 1.56 bits per heavy atom. The van der Waals surface area contributed by atoms with Crippen LogP contribution in [-0.4, -0.2) is 27.8 Å². The first-order chi connectivity index (χ1) is 8.52. The summed E-state index contributed by atoms with van der Waals surface area (Å²) in [4.78, 5) is 15.8. The average molecular weight is 286 g/mol. The Labute approximate surface area is 113 Å². The van der Waals surface area contributed by atoms with Crippen molar-refractivity contribution in [1.29, 1.82) is 0 Å². The van der Waals surface area contributed by atoms with Crippen LogP contribution in [-0.2, 0) is 4.74 Å². The van der Waals surface area contributed by atoms with Gasteiger partial charge in [0.15, 0.2) is 10.0 Å². The fraction of sp³-hybridized carbons (Fsp3) is 0.364. The zero-order chi connectivity index (χ0) is 13.3. The molecule has 0 atom stereocenters. The molecule has 0 fully saturated rings. The fourth-order valence-electron chi connectivity index (χ4n) is 1.36. The van der Waals surface area contributed by atoms with Crippen molar-refractivity contribution in [1.82, 2.24) is 14.8 Å². The van der Waals surface area contributed by atoms with Gasteiger partial charge in [-0.3, -0.25) is 0 Å². The van der Waals surface area contributed by atoms with Crippen molar-refractivity contribution in [3.8, 4) is 5.13 Å². The molecule has 0 spiro atoms. The Kier molecular flexibility index (Phi) is 3.68. The predicted octanol–water partition coefficient (Wildman–Crippen LogP) is 2.89. The topological polar surface area (TPSA) is 57.0 Å². The van der Waals surface area contributed by atoms with Gasteiger partial charge in [0, 0.05) is 6.20 Å². The van der Waals surface area contributed by atoms with E-state index in [1.807, 2.05) is 6.07 Å². The van der Waals surface area contributed by atoms with Crippen molar-refractivity contribution in [3.63, 3.8) is 0 Å². The number of ether oxygens (including phenoxy) is 1. The van der Waals surface area contributed by atoms with E-state index in [0.717, 1.165) is 17.0 Å². The maximum Gasteiger partial charge on any atom is 0.351 e. The minimum Gasteiger partial charge on any atom is -0.465 e. The lowest BCUT2D eigenvalue weighted by Crippen LogP contribution is -1.98. The zero-order valence-electron chi connectivity index (χ0n) is 10.2. The molecule has 0 aliphatic carbocycles. The number of thiazole rings is 1. The van der Waals surface area contributed by atoms with Gasteiger partial charge in [0.1, 0.15) is 0 Å². The molecule has 7 heteroatoms. The summed E-state index contributed by atoms with van der Waals surface area (Å²) in [6, 6.07) is 1.91. The van der Waals surface area contributed by atoms with Crippen LogP contribution in [0.4, 0.5) is 0 Å². The first-order valence-electron chi connectivity index (χ1n) is 5.33. The number of carbonyl (C=O) groups is 1. The SMILES string of the molecule is COC(=O)c1sc(-n2ccc(C(C)C)n2)nc1Cl. The summed E-state index contributed by atoms with van der Waals surface area (Å²) < 4.78 is 6.24. The van der Waals surface area contributed by atoms with Gasteiger partial charge < -0.3 is 4.74 Å². The van der Waals surface area contributed by atoms with E-state index in [1.54, 1.807) is 10.9 Å². The molecule has 96 valence electrons. The molecular weight excluding hydrogens is 274 g/mol. The third-order valence-electron chi connectivity index (χ3n) is 2.34. The van der Waals surface area contributed by atoms with Crippen LogP contribution < -0.4 is 0 Å². The minimum atomic E-state index is -0.486. The van der Waals surface area contributed by atoms with Gasteiger partial charge in [-0.25, -0.2) is 14.5 Å².